The number of hydrogen-bond donors (Lipinski definition) is 0. The molecule has 23 heavy (non-hydrogen) atoms. The van der Waals surface area contributed by atoms with Gasteiger partial charge in [0, 0.05) is 6.20 Å². The first-order valence-corrected chi connectivity index (χ1v) is 7.04. The van der Waals surface area contributed by atoms with E-state index in [-0.39, 0.29) is 0 Å². The van der Waals surface area contributed by atoms with E-state index >= 15 is 0 Å². The van der Waals surface area contributed by atoms with Crippen molar-refractivity contribution in [3.05, 3.63) is 60.2 Å². The Bertz CT molecular complexity index is 774. The van der Waals surface area contributed by atoms with Crippen molar-refractivity contribution in [2.24, 2.45) is 5.92 Å². The van der Waals surface area contributed by atoms with E-state index in [1.165, 1.54) is 42.3 Å². The van der Waals surface area contributed by atoms with Crippen LogP contribution in [0.5, 0.6) is 0 Å². The number of benzene rings is 1. The highest BCUT2D eigenvalue weighted by Gasteiger charge is 2.50. The summed E-state index contributed by atoms with van der Waals surface area (Å²) in [5.41, 5.74) is 0.943. The Balaban J connectivity index is 2.15. The van der Waals surface area contributed by atoms with E-state index in [2.05, 4.69) is 4.98 Å². The second kappa shape index (κ2) is 5.72. The molecule has 1 aromatic heterocycles. The topological polar surface area (TPSA) is 67.3 Å². The number of ketones is 2. The molecular formula is C17H13FN2O3. The number of amides is 1. The Morgan fingerprint density at radius 2 is 1.87 bits per heavy atom. The number of nitrogens with zero attached hydrogens (tertiary/aromatic N) is 2. The van der Waals surface area contributed by atoms with Crippen LogP contribution in [-0.4, -0.2) is 22.5 Å². The van der Waals surface area contributed by atoms with Crippen molar-refractivity contribution < 1.29 is 18.8 Å². The number of aromatic nitrogens is 1. The van der Waals surface area contributed by atoms with Crippen LogP contribution in [0, 0.1) is 11.7 Å². The fourth-order valence-electron chi connectivity index (χ4n) is 2.85. The summed E-state index contributed by atoms with van der Waals surface area (Å²) in [6, 6.07) is 7.91. The van der Waals surface area contributed by atoms with E-state index in [0.29, 0.717) is 11.3 Å². The van der Waals surface area contributed by atoms with Crippen LogP contribution in [-0.2, 0) is 14.4 Å². The average Bonchev–Trinajstić information content (AvgIpc) is 2.81. The quantitative estimate of drug-likeness (QED) is 0.643. The molecule has 2 atom stereocenters. The van der Waals surface area contributed by atoms with Crippen LogP contribution >= 0.6 is 0 Å². The largest absolute Gasteiger partial charge is 0.299 e. The summed E-state index contributed by atoms with van der Waals surface area (Å²) in [5, 5.41) is 0. The molecule has 0 spiro atoms. The molecule has 116 valence electrons. The molecule has 0 aliphatic carbocycles. The van der Waals surface area contributed by atoms with Gasteiger partial charge in [-0.2, -0.15) is 0 Å². The fourth-order valence-corrected chi connectivity index (χ4v) is 2.85. The predicted molar refractivity (Wildman–Crippen MR) is 80.0 cm³/mol. The van der Waals surface area contributed by atoms with Gasteiger partial charge in [0.05, 0.1) is 17.9 Å². The van der Waals surface area contributed by atoms with Crippen LogP contribution in [0.1, 0.15) is 18.5 Å². The molecule has 2 aromatic rings. The van der Waals surface area contributed by atoms with Crippen molar-refractivity contribution in [3.63, 3.8) is 0 Å². The van der Waals surface area contributed by atoms with Crippen LogP contribution in [0.15, 0.2) is 48.8 Å². The summed E-state index contributed by atoms with van der Waals surface area (Å²) in [6.07, 6.45) is 2.99. The molecule has 0 saturated carbocycles. The van der Waals surface area contributed by atoms with Gasteiger partial charge in [0.2, 0.25) is 5.78 Å². The minimum Gasteiger partial charge on any atom is -0.299 e. The van der Waals surface area contributed by atoms with Gasteiger partial charge >= 0.3 is 0 Å². The molecule has 5 nitrogen and oxygen atoms in total. The number of pyridine rings is 1. The van der Waals surface area contributed by atoms with Crippen LogP contribution in [0.25, 0.3) is 0 Å². The average molecular weight is 312 g/mol. The highest BCUT2D eigenvalue weighted by molar-refractivity contribution is 6.48. The second-order valence-corrected chi connectivity index (χ2v) is 5.34. The molecule has 6 heteroatoms. The van der Waals surface area contributed by atoms with E-state index in [0.717, 1.165) is 0 Å². The minimum atomic E-state index is -1.10. The summed E-state index contributed by atoms with van der Waals surface area (Å²) < 4.78 is 13.2. The third-order valence-electron chi connectivity index (χ3n) is 3.88. The first-order chi connectivity index (χ1) is 11.0. The third-order valence-corrected chi connectivity index (χ3v) is 3.88. The van der Waals surface area contributed by atoms with Gasteiger partial charge in [-0.25, -0.2) is 4.39 Å². The van der Waals surface area contributed by atoms with Crippen molar-refractivity contribution in [2.45, 2.75) is 13.0 Å². The van der Waals surface area contributed by atoms with Gasteiger partial charge in [0.1, 0.15) is 17.5 Å². The summed E-state index contributed by atoms with van der Waals surface area (Å²) in [5.74, 6) is -3.45. The van der Waals surface area contributed by atoms with Gasteiger partial charge in [0.25, 0.3) is 5.91 Å². The summed E-state index contributed by atoms with van der Waals surface area (Å²) in [4.78, 5) is 41.8. The molecule has 1 saturated heterocycles. The first kappa shape index (κ1) is 15.0. The van der Waals surface area contributed by atoms with E-state index in [1.54, 1.807) is 18.3 Å². The number of carbonyl (C=O) groups is 3. The molecule has 3 rings (SSSR count). The Hall–Kier alpha value is -2.89. The number of carbonyl (C=O) groups excluding carboxylic acids is 3. The molecule has 0 N–H and O–H groups in total. The lowest BCUT2D eigenvalue weighted by Crippen LogP contribution is -2.30. The van der Waals surface area contributed by atoms with Gasteiger partial charge in [-0.3, -0.25) is 24.3 Å². The zero-order chi connectivity index (χ0) is 16.6. The Morgan fingerprint density at radius 1 is 1.17 bits per heavy atom. The molecule has 0 bridgehead atoms. The van der Waals surface area contributed by atoms with Crippen LogP contribution < -0.4 is 4.90 Å². The van der Waals surface area contributed by atoms with Crippen LogP contribution in [0.2, 0.25) is 0 Å². The number of rotatable bonds is 3. The fraction of sp³-hybridized carbons (Fsp3) is 0.176. The monoisotopic (exact) mass is 312 g/mol. The number of hydrogen-bond acceptors (Lipinski definition) is 4. The summed E-state index contributed by atoms with van der Waals surface area (Å²) in [6.45, 7) is 1.28. The number of anilines is 1. The lowest BCUT2D eigenvalue weighted by Gasteiger charge is -2.26. The molecule has 1 aliphatic rings. The standard InChI is InChI=1S/C17H13FN2O3/c1-10(21)14-15(11-4-6-12(18)7-5-11)20(17(23)16(14)22)13-3-2-8-19-9-13/h2-9,14-15H,1H3. The second-order valence-electron chi connectivity index (χ2n) is 5.34. The maximum absolute atomic E-state index is 13.2. The predicted octanol–water partition coefficient (Wildman–Crippen LogP) is 2.08. The molecule has 0 radical (unpaired) electrons. The third kappa shape index (κ3) is 2.52. The van der Waals surface area contributed by atoms with E-state index < -0.39 is 35.3 Å². The molecular weight excluding hydrogens is 299 g/mol. The Labute approximate surface area is 131 Å². The van der Waals surface area contributed by atoms with Gasteiger partial charge < -0.3 is 0 Å². The SMILES string of the molecule is CC(=O)C1C(=O)C(=O)N(c2cccnc2)C1c1ccc(F)cc1. The first-order valence-electron chi connectivity index (χ1n) is 7.04. The summed E-state index contributed by atoms with van der Waals surface area (Å²) in [7, 11) is 0. The van der Waals surface area contributed by atoms with Crippen molar-refractivity contribution in [1.29, 1.82) is 0 Å². The van der Waals surface area contributed by atoms with Gasteiger partial charge in [-0.15, -0.1) is 0 Å². The van der Waals surface area contributed by atoms with Gasteiger partial charge in [-0.1, -0.05) is 12.1 Å². The smallest absolute Gasteiger partial charge is 0.295 e. The zero-order valence-corrected chi connectivity index (χ0v) is 12.3. The van der Waals surface area contributed by atoms with Crippen molar-refractivity contribution in [3.8, 4) is 0 Å². The van der Waals surface area contributed by atoms with Gasteiger partial charge in [-0.05, 0) is 36.8 Å². The molecule has 1 fully saturated rings. The lowest BCUT2D eigenvalue weighted by molar-refractivity contribution is -0.138. The highest BCUT2D eigenvalue weighted by atomic mass is 19.1. The van der Waals surface area contributed by atoms with Crippen molar-refractivity contribution >= 4 is 23.2 Å². The number of halogens is 1. The zero-order valence-electron chi connectivity index (χ0n) is 12.3. The molecule has 2 heterocycles. The molecule has 2 unspecified atom stereocenters. The minimum absolute atomic E-state index is 0.399. The Kier molecular flexibility index (Phi) is 3.73. The van der Waals surface area contributed by atoms with Crippen molar-refractivity contribution in [1.82, 2.24) is 4.98 Å². The van der Waals surface area contributed by atoms with Crippen LogP contribution in [0.3, 0.4) is 0 Å². The molecule has 1 aromatic carbocycles. The maximum atomic E-state index is 13.2. The maximum Gasteiger partial charge on any atom is 0.295 e. The lowest BCUT2D eigenvalue weighted by atomic mass is 9.90. The van der Waals surface area contributed by atoms with E-state index in [9.17, 15) is 18.8 Å². The van der Waals surface area contributed by atoms with E-state index in [4.69, 9.17) is 0 Å². The Morgan fingerprint density at radius 3 is 2.43 bits per heavy atom. The van der Waals surface area contributed by atoms with Gasteiger partial charge in [0.15, 0.2) is 0 Å². The highest BCUT2D eigenvalue weighted by Crippen LogP contribution is 2.39. The normalized spacial score (nSPS) is 20.9. The summed E-state index contributed by atoms with van der Waals surface area (Å²) >= 11 is 0. The van der Waals surface area contributed by atoms with Crippen molar-refractivity contribution in [2.75, 3.05) is 4.90 Å². The molecule has 1 aliphatic heterocycles. The molecule has 1 amide bonds. The van der Waals surface area contributed by atoms with E-state index in [1.807, 2.05) is 0 Å². The number of Topliss-reactive ketones (excluding diaryl/α,β-unsaturated/α-hetero) is 2. The van der Waals surface area contributed by atoms with Crippen LogP contribution in [0.4, 0.5) is 10.1 Å².